The summed E-state index contributed by atoms with van der Waals surface area (Å²) in [5.74, 6) is 0.912. The maximum Gasteiger partial charge on any atom is 0.335 e. The minimum atomic E-state index is -0.936. The van der Waals surface area contributed by atoms with Crippen LogP contribution in [0.15, 0.2) is 24.3 Å². The molecule has 0 heterocycles. The van der Waals surface area contributed by atoms with Crippen molar-refractivity contribution < 1.29 is 14.6 Å². The van der Waals surface area contributed by atoms with Crippen molar-refractivity contribution in [2.75, 3.05) is 0 Å². The van der Waals surface area contributed by atoms with Gasteiger partial charge in [0.05, 0.1) is 5.56 Å². The summed E-state index contributed by atoms with van der Waals surface area (Å²) in [6.07, 6.45) is 2.72. The van der Waals surface area contributed by atoms with Gasteiger partial charge in [0.2, 0.25) is 0 Å². The quantitative estimate of drug-likeness (QED) is 0.822. The Balaban J connectivity index is 2.06. The fourth-order valence-electron chi connectivity index (χ4n) is 2.60. The van der Waals surface area contributed by atoms with Gasteiger partial charge >= 0.3 is 5.97 Å². The van der Waals surface area contributed by atoms with Crippen molar-refractivity contribution in [3.8, 4) is 5.75 Å². The fourth-order valence-corrected chi connectivity index (χ4v) is 2.60. The normalized spacial score (nSPS) is 30.9. The number of carboxylic acids is 1. The molecule has 0 saturated heterocycles. The van der Waals surface area contributed by atoms with Crippen LogP contribution in [0.4, 0.5) is 0 Å². The largest absolute Gasteiger partial charge is 0.478 e. The molecule has 1 aliphatic carbocycles. The monoisotopic (exact) mass is 263 g/mol. The van der Waals surface area contributed by atoms with E-state index >= 15 is 0 Å². The van der Waals surface area contributed by atoms with Crippen molar-refractivity contribution in [1.29, 1.82) is 0 Å². The molecule has 0 bridgehead atoms. The van der Waals surface area contributed by atoms with Gasteiger partial charge in [-0.1, -0.05) is 13.8 Å². The number of hydrogen-bond donors (Lipinski definition) is 2. The summed E-state index contributed by atoms with van der Waals surface area (Å²) in [7, 11) is 0. The zero-order valence-electron chi connectivity index (χ0n) is 11.4. The van der Waals surface area contributed by atoms with E-state index in [0.717, 1.165) is 19.3 Å². The molecule has 1 saturated carbocycles. The van der Waals surface area contributed by atoms with Crippen LogP contribution in [0.25, 0.3) is 0 Å². The van der Waals surface area contributed by atoms with Gasteiger partial charge in [-0.25, -0.2) is 4.79 Å². The highest BCUT2D eigenvalue weighted by Crippen LogP contribution is 2.36. The Bertz CT molecular complexity index is 457. The minimum Gasteiger partial charge on any atom is -0.478 e. The van der Waals surface area contributed by atoms with Gasteiger partial charge < -0.3 is 9.84 Å². The van der Waals surface area contributed by atoms with Gasteiger partial charge in [0, 0.05) is 12.8 Å². The minimum absolute atomic E-state index is 0.254. The lowest BCUT2D eigenvalue weighted by Gasteiger charge is -2.40. The number of ether oxygens (including phenoxy) is 1. The highest BCUT2D eigenvalue weighted by Gasteiger charge is 2.36. The van der Waals surface area contributed by atoms with Gasteiger partial charge in [0.25, 0.3) is 0 Å². The van der Waals surface area contributed by atoms with Crippen LogP contribution in [0.5, 0.6) is 5.75 Å². The molecular weight excluding hydrogens is 242 g/mol. The van der Waals surface area contributed by atoms with E-state index in [4.69, 9.17) is 15.6 Å². The first-order chi connectivity index (χ1) is 8.89. The second-order valence-corrected chi connectivity index (χ2v) is 5.69. The predicted molar refractivity (Wildman–Crippen MR) is 73.1 cm³/mol. The Morgan fingerprint density at radius 2 is 1.95 bits per heavy atom. The summed E-state index contributed by atoms with van der Waals surface area (Å²) in [4.78, 5) is 10.8. The lowest BCUT2D eigenvalue weighted by atomic mass is 9.77. The average Bonchev–Trinajstić information content (AvgIpc) is 2.35. The summed E-state index contributed by atoms with van der Waals surface area (Å²) in [6.45, 7) is 4.44. The van der Waals surface area contributed by atoms with E-state index in [1.54, 1.807) is 12.1 Å². The lowest BCUT2D eigenvalue weighted by molar-refractivity contribution is -0.000197. The number of carboxylic acid groups (broad SMARTS) is 1. The van der Waals surface area contributed by atoms with Gasteiger partial charge in [-0.3, -0.25) is 5.73 Å². The number of rotatable bonds is 3. The zero-order chi connectivity index (χ0) is 14.0. The van der Waals surface area contributed by atoms with Gasteiger partial charge in [-0.2, -0.15) is 0 Å². The van der Waals surface area contributed by atoms with Crippen molar-refractivity contribution in [2.45, 2.75) is 38.8 Å². The molecule has 19 heavy (non-hydrogen) atoms. The predicted octanol–water partition coefficient (Wildman–Crippen LogP) is 2.87. The molecule has 3 N–H and O–H groups in total. The molecule has 4 nitrogen and oxygen atoms in total. The average molecular weight is 263 g/mol. The van der Waals surface area contributed by atoms with Gasteiger partial charge in [0.15, 0.2) is 5.72 Å². The molecule has 3 atom stereocenters. The van der Waals surface area contributed by atoms with Crippen LogP contribution < -0.4 is 10.5 Å². The first-order valence-electron chi connectivity index (χ1n) is 6.71. The smallest absolute Gasteiger partial charge is 0.335 e. The van der Waals surface area contributed by atoms with Crippen LogP contribution in [-0.2, 0) is 0 Å². The van der Waals surface area contributed by atoms with Crippen molar-refractivity contribution in [3.05, 3.63) is 29.8 Å². The molecule has 104 valence electrons. The van der Waals surface area contributed by atoms with Crippen LogP contribution in [-0.4, -0.2) is 16.8 Å². The van der Waals surface area contributed by atoms with E-state index in [2.05, 4.69) is 13.8 Å². The number of benzene rings is 1. The molecular formula is C15H21NO3. The maximum atomic E-state index is 10.8. The first-order valence-corrected chi connectivity index (χ1v) is 6.71. The Kier molecular flexibility index (Phi) is 3.80. The topological polar surface area (TPSA) is 72.5 Å². The molecule has 4 heteroatoms. The van der Waals surface area contributed by atoms with Gasteiger partial charge in [-0.15, -0.1) is 0 Å². The highest BCUT2D eigenvalue weighted by molar-refractivity contribution is 5.87. The third kappa shape index (κ3) is 3.26. The van der Waals surface area contributed by atoms with Crippen LogP contribution in [0.1, 0.15) is 43.5 Å². The SMILES string of the molecule is CC1CCC(N)(Oc2ccc(C(=O)O)cc2)CC1C. The van der Waals surface area contributed by atoms with E-state index in [0.29, 0.717) is 17.6 Å². The van der Waals surface area contributed by atoms with Gasteiger partial charge in [0.1, 0.15) is 5.75 Å². The summed E-state index contributed by atoms with van der Waals surface area (Å²) in [5.41, 5.74) is 5.93. The number of carbonyl (C=O) groups is 1. The molecule has 1 aliphatic rings. The molecule has 0 aliphatic heterocycles. The Hall–Kier alpha value is -1.55. The second-order valence-electron chi connectivity index (χ2n) is 5.69. The fraction of sp³-hybridized carbons (Fsp3) is 0.533. The van der Waals surface area contributed by atoms with Crippen LogP contribution in [0.2, 0.25) is 0 Å². The van der Waals surface area contributed by atoms with E-state index < -0.39 is 11.7 Å². The Morgan fingerprint density at radius 1 is 1.32 bits per heavy atom. The second kappa shape index (κ2) is 5.21. The molecule has 0 amide bonds. The molecule has 0 spiro atoms. The molecule has 3 unspecified atom stereocenters. The molecule has 2 rings (SSSR count). The lowest BCUT2D eigenvalue weighted by Crippen LogP contribution is -2.50. The van der Waals surface area contributed by atoms with E-state index in [9.17, 15) is 4.79 Å². The summed E-state index contributed by atoms with van der Waals surface area (Å²) in [5, 5.41) is 8.85. The number of aromatic carboxylic acids is 1. The number of nitrogens with two attached hydrogens (primary N) is 1. The molecule has 1 fully saturated rings. The van der Waals surface area contributed by atoms with Crippen molar-refractivity contribution in [1.82, 2.24) is 0 Å². The summed E-state index contributed by atoms with van der Waals surface area (Å²) >= 11 is 0. The molecule has 0 radical (unpaired) electrons. The van der Waals surface area contributed by atoms with Crippen molar-refractivity contribution >= 4 is 5.97 Å². The Labute approximate surface area is 113 Å². The molecule has 0 aromatic heterocycles. The number of hydrogen-bond acceptors (Lipinski definition) is 3. The third-order valence-corrected chi connectivity index (χ3v) is 4.08. The first kappa shape index (κ1) is 13.9. The van der Waals surface area contributed by atoms with Gasteiger partial charge in [-0.05, 0) is 42.5 Å². The standard InChI is InChI=1S/C15H21NO3/c1-10-7-8-15(16,9-11(10)2)19-13-5-3-12(4-6-13)14(17)18/h3-6,10-11H,7-9,16H2,1-2H3,(H,17,18). The highest BCUT2D eigenvalue weighted by atomic mass is 16.5. The summed E-state index contributed by atoms with van der Waals surface area (Å²) < 4.78 is 5.88. The van der Waals surface area contributed by atoms with E-state index in [1.807, 2.05) is 0 Å². The van der Waals surface area contributed by atoms with Crippen LogP contribution in [0, 0.1) is 11.8 Å². The van der Waals surface area contributed by atoms with Crippen LogP contribution >= 0.6 is 0 Å². The van der Waals surface area contributed by atoms with Crippen molar-refractivity contribution in [3.63, 3.8) is 0 Å². The zero-order valence-corrected chi connectivity index (χ0v) is 11.4. The molecule has 1 aromatic rings. The summed E-state index contributed by atoms with van der Waals surface area (Å²) in [6, 6.07) is 6.41. The molecule has 1 aromatic carbocycles. The maximum absolute atomic E-state index is 10.8. The van der Waals surface area contributed by atoms with E-state index in [-0.39, 0.29) is 5.56 Å². The van der Waals surface area contributed by atoms with E-state index in [1.165, 1.54) is 12.1 Å². The third-order valence-electron chi connectivity index (χ3n) is 4.08. The van der Waals surface area contributed by atoms with Crippen molar-refractivity contribution in [2.24, 2.45) is 17.6 Å². The Morgan fingerprint density at radius 3 is 2.47 bits per heavy atom. The van der Waals surface area contributed by atoms with Crippen LogP contribution in [0.3, 0.4) is 0 Å².